The summed E-state index contributed by atoms with van der Waals surface area (Å²) in [5, 5.41) is 7.30. The van der Waals surface area contributed by atoms with Crippen LogP contribution in [0.2, 0.25) is 0 Å². The summed E-state index contributed by atoms with van der Waals surface area (Å²) in [6, 6.07) is 11.4. The summed E-state index contributed by atoms with van der Waals surface area (Å²) in [5.74, 6) is -0.395. The molecule has 0 saturated carbocycles. The Hall–Kier alpha value is -3.13. The highest BCUT2D eigenvalue weighted by atomic mass is 35.5. The third-order valence-electron chi connectivity index (χ3n) is 6.05. The van der Waals surface area contributed by atoms with E-state index in [0.29, 0.717) is 11.3 Å². The van der Waals surface area contributed by atoms with Crippen molar-refractivity contribution in [3.63, 3.8) is 0 Å². The van der Waals surface area contributed by atoms with E-state index >= 15 is 0 Å². The summed E-state index contributed by atoms with van der Waals surface area (Å²) in [6.45, 7) is 7.29. The van der Waals surface area contributed by atoms with E-state index in [0.717, 1.165) is 29.1 Å². The molecule has 2 aliphatic rings. The fraction of sp³-hybridized carbons (Fsp3) is 0.304. The molecule has 5 rings (SSSR count). The fourth-order valence-corrected chi connectivity index (χ4v) is 4.68. The Kier molecular flexibility index (Phi) is 4.50. The van der Waals surface area contributed by atoms with Gasteiger partial charge in [-0.05, 0) is 55.0 Å². The lowest BCUT2D eigenvalue weighted by Gasteiger charge is -2.35. The van der Waals surface area contributed by atoms with Gasteiger partial charge in [0, 0.05) is 46.6 Å². The SMILES string of the molecule is CC1N2CC(C)(C)c3cc(C(=O)Nc4ccc(OC(F)(F)Cl)cc4)cc(c32)-c2ccnn21. The molecular weight excluding hydrogens is 438 g/mol. The van der Waals surface area contributed by atoms with Gasteiger partial charge in [0.25, 0.3) is 5.91 Å². The quantitative estimate of drug-likeness (QED) is 0.517. The Morgan fingerprint density at radius 2 is 1.97 bits per heavy atom. The number of hydrogen-bond acceptors (Lipinski definition) is 4. The summed E-state index contributed by atoms with van der Waals surface area (Å²) in [4.78, 5) is 15.4. The number of fused-ring (bicyclic) bond motifs is 2. The van der Waals surface area contributed by atoms with Crippen LogP contribution in [0.5, 0.6) is 5.75 Å². The minimum Gasteiger partial charge on any atom is -0.420 e. The summed E-state index contributed by atoms with van der Waals surface area (Å²) >= 11 is 4.79. The number of nitrogens with one attached hydrogen (secondary N) is 1. The first-order valence-electron chi connectivity index (χ1n) is 10.2. The molecule has 6 nitrogen and oxygen atoms in total. The van der Waals surface area contributed by atoms with Crippen molar-refractivity contribution in [2.45, 2.75) is 37.9 Å². The Morgan fingerprint density at radius 1 is 1.25 bits per heavy atom. The largest absolute Gasteiger partial charge is 0.487 e. The average molecular weight is 459 g/mol. The van der Waals surface area contributed by atoms with E-state index in [2.05, 4.69) is 40.8 Å². The topological polar surface area (TPSA) is 59.4 Å². The summed E-state index contributed by atoms with van der Waals surface area (Å²) < 4.78 is 31.9. The summed E-state index contributed by atoms with van der Waals surface area (Å²) in [5.41, 5.74) is 1.26. The fourth-order valence-electron chi connectivity index (χ4n) is 4.60. The van der Waals surface area contributed by atoms with Crippen LogP contribution in [0.4, 0.5) is 20.2 Å². The van der Waals surface area contributed by atoms with Crippen LogP contribution in [0.15, 0.2) is 48.7 Å². The zero-order valence-corrected chi connectivity index (χ0v) is 18.5. The standard InChI is InChI=1S/C23H21ClF2N4O2/c1-13-29-12-22(2,3)18-11-14(10-17(20(18)29)19-8-9-27-30(13)19)21(31)28-15-4-6-16(7-5-15)32-23(24,25)26/h4-11,13H,12H2,1-3H3,(H,28,31). The molecule has 0 fully saturated rings. The van der Waals surface area contributed by atoms with Gasteiger partial charge in [-0.3, -0.25) is 4.79 Å². The molecule has 0 aliphatic carbocycles. The van der Waals surface area contributed by atoms with Crippen LogP contribution in [-0.4, -0.2) is 27.8 Å². The molecule has 0 bridgehead atoms. The number of rotatable bonds is 4. The minimum atomic E-state index is -3.79. The second-order valence-corrected chi connectivity index (χ2v) is 9.19. The third-order valence-corrected chi connectivity index (χ3v) is 6.13. The monoisotopic (exact) mass is 458 g/mol. The van der Waals surface area contributed by atoms with Crippen molar-refractivity contribution >= 4 is 28.9 Å². The second-order valence-electron chi connectivity index (χ2n) is 8.75. The average Bonchev–Trinajstić information content (AvgIpc) is 3.30. The van der Waals surface area contributed by atoms with Crippen molar-refractivity contribution in [3.8, 4) is 17.0 Å². The number of carbonyl (C=O) groups excluding carboxylic acids is 1. The van der Waals surface area contributed by atoms with Crippen molar-refractivity contribution in [3.05, 3.63) is 59.8 Å². The van der Waals surface area contributed by atoms with Gasteiger partial charge in [-0.2, -0.15) is 5.10 Å². The highest BCUT2D eigenvalue weighted by molar-refractivity contribution is 6.20. The molecule has 3 heterocycles. The highest BCUT2D eigenvalue weighted by Crippen LogP contribution is 2.51. The molecule has 1 atom stereocenters. The van der Waals surface area contributed by atoms with Gasteiger partial charge in [0.15, 0.2) is 0 Å². The summed E-state index contributed by atoms with van der Waals surface area (Å²) in [7, 11) is 0. The van der Waals surface area contributed by atoms with Gasteiger partial charge in [0.05, 0.1) is 11.4 Å². The van der Waals surface area contributed by atoms with E-state index in [4.69, 9.17) is 11.6 Å². The van der Waals surface area contributed by atoms with E-state index in [1.807, 2.05) is 22.9 Å². The number of carbonyl (C=O) groups is 1. The summed E-state index contributed by atoms with van der Waals surface area (Å²) in [6.07, 6.45) is 1.86. The molecule has 2 aliphatic heterocycles. The molecule has 0 saturated heterocycles. The number of hydrogen-bond donors (Lipinski definition) is 1. The Morgan fingerprint density at radius 3 is 2.66 bits per heavy atom. The lowest BCUT2D eigenvalue weighted by molar-refractivity contribution is -0.0964. The first kappa shape index (κ1) is 20.8. The van der Waals surface area contributed by atoms with E-state index in [1.165, 1.54) is 24.3 Å². The molecule has 0 spiro atoms. The zero-order chi connectivity index (χ0) is 22.8. The predicted molar refractivity (Wildman–Crippen MR) is 119 cm³/mol. The molecule has 1 amide bonds. The maximum Gasteiger partial charge on any atom is 0.487 e. The van der Waals surface area contributed by atoms with Crippen LogP contribution in [0, 0.1) is 0 Å². The Bertz CT molecular complexity index is 1220. The number of anilines is 2. The van der Waals surface area contributed by atoms with Crippen molar-refractivity contribution < 1.29 is 18.3 Å². The lowest BCUT2D eigenvalue weighted by atomic mass is 9.84. The predicted octanol–water partition coefficient (Wildman–Crippen LogP) is 5.60. The number of benzene rings is 2. The lowest BCUT2D eigenvalue weighted by Crippen LogP contribution is -2.36. The second kappa shape index (κ2) is 6.93. The molecular formula is C23H21ClF2N4O2. The molecule has 166 valence electrons. The van der Waals surface area contributed by atoms with Crippen molar-refractivity contribution in [1.82, 2.24) is 9.78 Å². The molecule has 32 heavy (non-hydrogen) atoms. The number of aromatic nitrogens is 2. The molecule has 3 aromatic rings. The van der Waals surface area contributed by atoms with Crippen LogP contribution < -0.4 is 15.0 Å². The Balaban J connectivity index is 1.48. The molecule has 1 unspecified atom stereocenters. The number of amides is 1. The molecule has 2 aromatic carbocycles. The van der Waals surface area contributed by atoms with Gasteiger partial charge < -0.3 is 15.0 Å². The van der Waals surface area contributed by atoms with Gasteiger partial charge in [0.2, 0.25) is 0 Å². The van der Waals surface area contributed by atoms with Crippen LogP contribution in [0.1, 0.15) is 42.9 Å². The van der Waals surface area contributed by atoms with Crippen LogP contribution in [-0.2, 0) is 5.41 Å². The van der Waals surface area contributed by atoms with E-state index in [9.17, 15) is 13.6 Å². The van der Waals surface area contributed by atoms with Crippen LogP contribution >= 0.6 is 11.6 Å². The number of alkyl halides is 3. The van der Waals surface area contributed by atoms with Gasteiger partial charge in [-0.25, -0.2) is 4.68 Å². The first-order valence-corrected chi connectivity index (χ1v) is 10.6. The normalized spacial score (nSPS) is 18.2. The molecule has 1 aromatic heterocycles. The van der Waals surface area contributed by atoms with Crippen molar-refractivity contribution in [2.75, 3.05) is 16.8 Å². The molecule has 1 N–H and O–H groups in total. The molecule has 0 radical (unpaired) electrons. The minimum absolute atomic E-state index is 0.0915. The maximum absolute atomic E-state index is 13.1. The highest BCUT2D eigenvalue weighted by Gasteiger charge is 2.43. The smallest absolute Gasteiger partial charge is 0.420 e. The Labute approximate surface area is 188 Å². The first-order chi connectivity index (χ1) is 15.0. The van der Waals surface area contributed by atoms with Crippen LogP contribution in [0.25, 0.3) is 11.3 Å². The number of halogens is 3. The van der Waals surface area contributed by atoms with E-state index < -0.39 is 5.57 Å². The van der Waals surface area contributed by atoms with Gasteiger partial charge in [-0.15, -0.1) is 8.78 Å². The van der Waals surface area contributed by atoms with Crippen molar-refractivity contribution in [1.29, 1.82) is 0 Å². The van der Waals surface area contributed by atoms with Gasteiger partial charge >= 0.3 is 5.57 Å². The molecule has 9 heteroatoms. The third kappa shape index (κ3) is 3.39. The number of ether oxygens (including phenoxy) is 1. The van der Waals surface area contributed by atoms with Gasteiger partial charge in [-0.1, -0.05) is 13.8 Å². The van der Waals surface area contributed by atoms with E-state index in [1.54, 1.807) is 6.20 Å². The zero-order valence-electron chi connectivity index (χ0n) is 17.7. The number of nitrogens with zero attached hydrogens (tertiary/aromatic N) is 3. The maximum atomic E-state index is 13.1. The van der Waals surface area contributed by atoms with Crippen molar-refractivity contribution in [2.24, 2.45) is 0 Å². The van der Waals surface area contributed by atoms with E-state index in [-0.39, 0.29) is 23.2 Å². The van der Waals surface area contributed by atoms with Gasteiger partial charge in [0.1, 0.15) is 11.9 Å². The van der Waals surface area contributed by atoms with Crippen LogP contribution in [0.3, 0.4) is 0 Å².